The van der Waals surface area contributed by atoms with Crippen LogP contribution in [-0.2, 0) is 0 Å². The van der Waals surface area contributed by atoms with E-state index >= 15 is 0 Å². The maximum absolute atomic E-state index is 9.50. The van der Waals surface area contributed by atoms with Crippen LogP contribution in [0.25, 0.3) is 0 Å². The zero-order valence-corrected chi connectivity index (χ0v) is 22.0. The zero-order valence-electron chi connectivity index (χ0n) is 22.0. The van der Waals surface area contributed by atoms with Crippen LogP contribution < -0.4 is 0 Å². The molecule has 34 heavy (non-hydrogen) atoms. The van der Waals surface area contributed by atoms with Gasteiger partial charge in [0.2, 0.25) is 0 Å². The molecule has 2 N–H and O–H groups in total. The van der Waals surface area contributed by atoms with Gasteiger partial charge >= 0.3 is 0 Å². The predicted molar refractivity (Wildman–Crippen MR) is 133 cm³/mol. The first-order chi connectivity index (χ1) is 16.4. The minimum absolute atomic E-state index is 0.365. The predicted octanol–water partition coefficient (Wildman–Crippen LogP) is -2.05. The molecule has 0 aromatic carbocycles. The molecule has 0 unspecified atom stereocenters. The monoisotopic (exact) mass is 482 g/mol. The maximum atomic E-state index is 9.50. The van der Waals surface area contributed by atoms with Crippen molar-refractivity contribution in [1.82, 2.24) is 0 Å². The fourth-order valence-corrected chi connectivity index (χ4v) is 9.12. The van der Waals surface area contributed by atoms with E-state index in [-0.39, 0.29) is 0 Å². The molecule has 0 radical (unpaired) electrons. The summed E-state index contributed by atoms with van der Waals surface area (Å²) in [4.78, 5) is 0. The van der Waals surface area contributed by atoms with Crippen molar-refractivity contribution in [3.63, 3.8) is 0 Å². The fraction of sp³-hybridized carbons (Fsp3) is 1.00. The molecular weight excluding hydrogens is 428 g/mol. The highest BCUT2D eigenvalue weighted by molar-refractivity contribution is 4.67. The van der Waals surface area contributed by atoms with E-state index in [9.17, 15) is 10.2 Å². The van der Waals surface area contributed by atoms with Gasteiger partial charge in [0.25, 0.3) is 0 Å². The molecule has 0 saturated carbocycles. The third-order valence-corrected chi connectivity index (χ3v) is 12.7. The average molecular weight is 483 g/mol. The number of fused-ring (bicyclic) bond motifs is 9. The molecule has 0 aromatic rings. The molecule has 8 nitrogen and oxygen atoms in total. The molecule has 194 valence electrons. The van der Waals surface area contributed by atoms with Crippen molar-refractivity contribution >= 4 is 0 Å². The Morgan fingerprint density at radius 3 is 0.559 bits per heavy atom. The van der Waals surface area contributed by atoms with Crippen LogP contribution in [0.1, 0.15) is 0 Å². The summed E-state index contributed by atoms with van der Waals surface area (Å²) in [6.45, 7) is 33.0. The Kier molecular flexibility index (Phi) is 6.10. The van der Waals surface area contributed by atoms with Crippen LogP contribution in [0.4, 0.5) is 0 Å². The Labute approximate surface area is 207 Å². The number of nitrogens with zero attached hydrogens (tertiary/aromatic N) is 6. The molecule has 9 rings (SSSR count). The Bertz CT molecular complexity index is 624. The van der Waals surface area contributed by atoms with Crippen molar-refractivity contribution in [2.75, 3.05) is 170 Å². The van der Waals surface area contributed by atoms with Crippen molar-refractivity contribution < 1.29 is 37.1 Å². The van der Waals surface area contributed by atoms with Gasteiger partial charge in [0.1, 0.15) is 157 Å². The van der Waals surface area contributed by atoms with E-state index in [1.807, 2.05) is 0 Å². The van der Waals surface area contributed by atoms with Crippen LogP contribution in [0.5, 0.6) is 0 Å². The summed E-state index contributed by atoms with van der Waals surface area (Å²) in [5.41, 5.74) is 0. The third kappa shape index (κ3) is 4.16. The van der Waals surface area contributed by atoms with E-state index < -0.39 is 0 Å². The number of rotatable bonds is 10. The van der Waals surface area contributed by atoms with Crippen molar-refractivity contribution in [3.05, 3.63) is 0 Å². The Morgan fingerprint density at radius 2 is 0.412 bits per heavy atom. The van der Waals surface area contributed by atoms with E-state index in [0.29, 0.717) is 13.2 Å². The largest absolute Gasteiger partial charge is 0.391 e. The van der Waals surface area contributed by atoms with E-state index in [1.165, 1.54) is 171 Å². The molecule has 9 heterocycles. The summed E-state index contributed by atoms with van der Waals surface area (Å²) in [6, 6.07) is 0. The summed E-state index contributed by atoms with van der Waals surface area (Å²) in [6.07, 6.45) is 0. The highest BCUT2D eigenvalue weighted by Gasteiger charge is 2.55. The lowest BCUT2D eigenvalue weighted by atomic mass is 10.0. The second-order valence-electron chi connectivity index (χ2n) is 13.9. The number of aliphatic hydroxyl groups is 2. The molecule has 9 aliphatic rings. The maximum Gasteiger partial charge on any atom is 0.129 e. The van der Waals surface area contributed by atoms with Gasteiger partial charge in [0.05, 0.1) is 13.2 Å². The lowest BCUT2D eigenvalue weighted by molar-refractivity contribution is -1.11. The average Bonchev–Trinajstić information content (AvgIpc) is 2.90. The zero-order chi connectivity index (χ0) is 23.4. The van der Waals surface area contributed by atoms with Crippen molar-refractivity contribution in [1.29, 1.82) is 0 Å². The van der Waals surface area contributed by atoms with Gasteiger partial charge in [-0.3, -0.25) is 0 Å². The molecule has 9 saturated heterocycles. The second kappa shape index (κ2) is 8.62. The normalized spacial score (nSPS) is 49.6. The van der Waals surface area contributed by atoms with E-state index in [4.69, 9.17) is 0 Å². The molecule has 0 aromatic heterocycles. The molecule has 0 aliphatic carbocycles. The highest BCUT2D eigenvalue weighted by Crippen LogP contribution is 2.32. The standard InChI is InChI=1S/C26H54N6O2/c33-25-23-31-17-11-29(12-18-31,13-19-31)9-7-27-1-2-28(5-3-27,6-4-27)8-10-30-14-20-32(21-15-30,22-16-30)24-26-34/h33-34H,1-26H2/q+6. The fourth-order valence-electron chi connectivity index (χ4n) is 9.12. The Balaban J connectivity index is 0.988. The van der Waals surface area contributed by atoms with Gasteiger partial charge in [0.15, 0.2) is 0 Å². The first-order valence-corrected chi connectivity index (χ1v) is 14.7. The first-order valence-electron chi connectivity index (χ1n) is 14.7. The van der Waals surface area contributed by atoms with Crippen LogP contribution in [0.15, 0.2) is 0 Å². The van der Waals surface area contributed by atoms with Gasteiger partial charge in [-0.05, 0) is 0 Å². The Morgan fingerprint density at radius 1 is 0.265 bits per heavy atom. The van der Waals surface area contributed by atoms with E-state index in [0.717, 1.165) is 13.1 Å². The van der Waals surface area contributed by atoms with Crippen molar-refractivity contribution in [2.24, 2.45) is 0 Å². The number of hydrogen-bond donors (Lipinski definition) is 2. The Hall–Kier alpha value is -0.320. The van der Waals surface area contributed by atoms with Crippen LogP contribution >= 0.6 is 0 Å². The molecule has 8 heteroatoms. The van der Waals surface area contributed by atoms with Gasteiger partial charge in [-0.2, -0.15) is 0 Å². The molecule has 9 fully saturated rings. The SMILES string of the molecule is OCC[N+]12CC[N+](CC[N+]34CC[N+](CC[N+]56CC[N+](CCO)(CC5)CC6)(CC3)CC4)(CC1)CC2. The molecule has 0 amide bonds. The van der Waals surface area contributed by atoms with Crippen LogP contribution in [0.3, 0.4) is 0 Å². The van der Waals surface area contributed by atoms with Gasteiger partial charge in [-0.25, -0.2) is 0 Å². The third-order valence-electron chi connectivity index (χ3n) is 12.7. The topological polar surface area (TPSA) is 40.5 Å². The molecule has 6 bridgehead atoms. The summed E-state index contributed by atoms with van der Waals surface area (Å²) in [5.74, 6) is 0. The molecule has 0 atom stereocenters. The minimum Gasteiger partial charge on any atom is -0.391 e. The van der Waals surface area contributed by atoms with Gasteiger partial charge < -0.3 is 37.1 Å². The van der Waals surface area contributed by atoms with Crippen LogP contribution in [0.2, 0.25) is 0 Å². The lowest BCUT2D eigenvalue weighted by Crippen LogP contribution is -2.80. The minimum atomic E-state index is 0.365. The first kappa shape index (κ1) is 24.0. The molecule has 0 spiro atoms. The lowest BCUT2D eigenvalue weighted by Gasteiger charge is -2.59. The van der Waals surface area contributed by atoms with Gasteiger partial charge in [-0.1, -0.05) is 0 Å². The number of hydrogen-bond acceptors (Lipinski definition) is 2. The summed E-state index contributed by atoms with van der Waals surface area (Å²) in [7, 11) is 0. The smallest absolute Gasteiger partial charge is 0.129 e. The van der Waals surface area contributed by atoms with E-state index in [1.54, 1.807) is 0 Å². The molecular formula is C26H54N6O2+6. The van der Waals surface area contributed by atoms with Crippen LogP contribution in [0, 0.1) is 0 Å². The second-order valence-corrected chi connectivity index (χ2v) is 13.9. The van der Waals surface area contributed by atoms with Crippen LogP contribution in [-0.4, -0.2) is 207 Å². The quantitative estimate of drug-likeness (QED) is 0.352. The van der Waals surface area contributed by atoms with Gasteiger partial charge in [-0.15, -0.1) is 0 Å². The summed E-state index contributed by atoms with van der Waals surface area (Å²) < 4.78 is 8.05. The molecule has 9 aliphatic heterocycles. The number of piperazine rings is 9. The number of aliphatic hydroxyl groups excluding tert-OH is 2. The van der Waals surface area contributed by atoms with Gasteiger partial charge in [0, 0.05) is 0 Å². The van der Waals surface area contributed by atoms with Crippen molar-refractivity contribution in [2.45, 2.75) is 0 Å². The summed E-state index contributed by atoms with van der Waals surface area (Å²) in [5, 5.41) is 19.0. The van der Waals surface area contributed by atoms with Crippen molar-refractivity contribution in [3.8, 4) is 0 Å². The highest BCUT2D eigenvalue weighted by atomic mass is 16.3. The van der Waals surface area contributed by atoms with E-state index in [2.05, 4.69) is 0 Å². The summed E-state index contributed by atoms with van der Waals surface area (Å²) >= 11 is 0. The number of quaternary nitrogens is 6.